The average Bonchev–Trinajstić information content (AvgIpc) is 2.25. The monoisotopic (exact) mass is 213 g/mol. The third-order valence-electron chi connectivity index (χ3n) is 2.16. The fourth-order valence-corrected chi connectivity index (χ4v) is 1.54. The highest BCUT2D eigenvalue weighted by molar-refractivity contribution is 5.42. The molecule has 1 N–H and O–H groups in total. The molecular weight excluding hydrogens is 201 g/mol. The highest BCUT2D eigenvalue weighted by Crippen LogP contribution is 2.29. The van der Waals surface area contributed by atoms with Crippen molar-refractivity contribution in [1.29, 1.82) is 0 Å². The van der Waals surface area contributed by atoms with Gasteiger partial charge in [-0.2, -0.15) is 5.48 Å². The first-order chi connectivity index (χ1) is 7.31. The molecule has 4 nitrogen and oxygen atoms in total. The van der Waals surface area contributed by atoms with Gasteiger partial charge in [0, 0.05) is 17.7 Å². The van der Waals surface area contributed by atoms with Crippen LogP contribution in [0.1, 0.15) is 11.1 Å². The molecule has 15 heavy (non-hydrogen) atoms. The van der Waals surface area contributed by atoms with Gasteiger partial charge < -0.3 is 14.3 Å². The maximum Gasteiger partial charge on any atom is 0.189 e. The van der Waals surface area contributed by atoms with Gasteiger partial charge >= 0.3 is 0 Å². The Labute approximate surface area is 86.9 Å². The molecule has 82 valence electrons. The molecule has 1 aromatic carbocycles. The maximum absolute atomic E-state index is 13.2. The van der Waals surface area contributed by atoms with E-state index in [2.05, 4.69) is 5.48 Å². The third kappa shape index (κ3) is 2.26. The van der Waals surface area contributed by atoms with Crippen LogP contribution < -0.4 is 10.2 Å². The molecule has 0 saturated carbocycles. The van der Waals surface area contributed by atoms with Crippen LogP contribution in [0, 0.1) is 5.82 Å². The Balaban J connectivity index is 2.30. The van der Waals surface area contributed by atoms with Crippen molar-refractivity contribution < 1.29 is 18.7 Å². The first kappa shape index (κ1) is 10.4. The van der Waals surface area contributed by atoms with Gasteiger partial charge in [0.25, 0.3) is 0 Å². The summed E-state index contributed by atoms with van der Waals surface area (Å²) >= 11 is 0. The van der Waals surface area contributed by atoms with Crippen molar-refractivity contribution in [2.45, 2.75) is 13.2 Å². The number of hydroxylamine groups is 1. The largest absolute Gasteiger partial charge is 0.467 e. The van der Waals surface area contributed by atoms with E-state index in [9.17, 15) is 4.39 Å². The molecule has 0 amide bonds. The Morgan fingerprint density at radius 2 is 2.40 bits per heavy atom. The molecule has 0 aromatic heterocycles. The molecule has 0 aliphatic carbocycles. The lowest BCUT2D eigenvalue weighted by atomic mass is 10.1. The van der Waals surface area contributed by atoms with E-state index in [1.54, 1.807) is 0 Å². The van der Waals surface area contributed by atoms with Gasteiger partial charge in [-0.25, -0.2) is 4.39 Å². The Hall–Kier alpha value is -1.17. The van der Waals surface area contributed by atoms with Crippen molar-refractivity contribution in [3.63, 3.8) is 0 Å². The quantitative estimate of drug-likeness (QED) is 0.769. The zero-order valence-corrected chi connectivity index (χ0v) is 8.38. The van der Waals surface area contributed by atoms with Gasteiger partial charge in [0.15, 0.2) is 6.79 Å². The van der Waals surface area contributed by atoms with Gasteiger partial charge in [-0.15, -0.1) is 0 Å². The number of benzene rings is 1. The molecule has 0 bridgehead atoms. The number of hydrogen-bond donors (Lipinski definition) is 1. The first-order valence-corrected chi connectivity index (χ1v) is 4.59. The van der Waals surface area contributed by atoms with Gasteiger partial charge in [-0.3, -0.25) is 0 Å². The number of ether oxygens (including phenoxy) is 2. The molecule has 0 spiro atoms. The highest BCUT2D eigenvalue weighted by Gasteiger charge is 2.16. The summed E-state index contributed by atoms with van der Waals surface area (Å²) in [6, 6.07) is 2.85. The van der Waals surface area contributed by atoms with E-state index < -0.39 is 0 Å². The molecule has 0 radical (unpaired) electrons. The van der Waals surface area contributed by atoms with E-state index in [0.717, 1.165) is 11.1 Å². The van der Waals surface area contributed by atoms with Crippen LogP contribution in [0.2, 0.25) is 0 Å². The molecular formula is C10H12FNO3. The lowest BCUT2D eigenvalue weighted by Gasteiger charge is -2.20. The van der Waals surface area contributed by atoms with Crippen molar-refractivity contribution in [3.05, 3.63) is 29.1 Å². The Bertz CT molecular complexity index is 357. The first-order valence-electron chi connectivity index (χ1n) is 4.59. The molecule has 1 aliphatic rings. The highest BCUT2D eigenvalue weighted by atomic mass is 19.1. The molecule has 0 atom stereocenters. The lowest BCUT2D eigenvalue weighted by molar-refractivity contribution is -0.0179. The average molecular weight is 213 g/mol. The zero-order chi connectivity index (χ0) is 10.7. The van der Waals surface area contributed by atoms with Gasteiger partial charge in [0.05, 0.1) is 13.7 Å². The van der Waals surface area contributed by atoms with Crippen LogP contribution in [0.4, 0.5) is 4.39 Å². The number of nitrogens with one attached hydrogen (secondary N) is 1. The number of halogens is 1. The van der Waals surface area contributed by atoms with E-state index in [4.69, 9.17) is 14.3 Å². The van der Waals surface area contributed by atoms with Gasteiger partial charge in [-0.05, 0) is 12.1 Å². The Morgan fingerprint density at radius 3 is 3.20 bits per heavy atom. The van der Waals surface area contributed by atoms with Crippen LogP contribution in [0.15, 0.2) is 12.1 Å². The van der Waals surface area contributed by atoms with Crippen LogP contribution in [-0.2, 0) is 22.7 Å². The van der Waals surface area contributed by atoms with Gasteiger partial charge in [0.1, 0.15) is 11.6 Å². The summed E-state index contributed by atoms with van der Waals surface area (Å²) in [6.45, 7) is 0.988. The second-order valence-electron chi connectivity index (χ2n) is 3.19. The molecule has 0 fully saturated rings. The summed E-state index contributed by atoms with van der Waals surface area (Å²) in [7, 11) is 1.51. The summed E-state index contributed by atoms with van der Waals surface area (Å²) in [4.78, 5) is 4.72. The van der Waals surface area contributed by atoms with E-state index >= 15 is 0 Å². The van der Waals surface area contributed by atoms with Crippen LogP contribution in [0.25, 0.3) is 0 Å². The van der Waals surface area contributed by atoms with Crippen molar-refractivity contribution in [2.75, 3.05) is 13.9 Å². The summed E-state index contributed by atoms with van der Waals surface area (Å²) in [5.74, 6) is 0.392. The smallest absolute Gasteiger partial charge is 0.189 e. The van der Waals surface area contributed by atoms with Crippen molar-refractivity contribution in [1.82, 2.24) is 5.48 Å². The van der Waals surface area contributed by atoms with Crippen LogP contribution >= 0.6 is 0 Å². The van der Waals surface area contributed by atoms with Gasteiger partial charge in [-0.1, -0.05) is 0 Å². The standard InChI is InChI=1S/C10H12FNO3/c1-13-12-4-7-2-9(11)3-8-5-14-6-15-10(7)8/h2-3,12H,4-6H2,1H3. The predicted molar refractivity (Wildman–Crippen MR) is 50.5 cm³/mol. The molecule has 2 rings (SSSR count). The molecule has 5 heteroatoms. The third-order valence-corrected chi connectivity index (χ3v) is 2.16. The molecule has 1 aromatic rings. The Morgan fingerprint density at radius 1 is 1.53 bits per heavy atom. The predicted octanol–water partition coefficient (Wildman–Crippen LogP) is 1.34. The maximum atomic E-state index is 13.2. The van der Waals surface area contributed by atoms with Crippen molar-refractivity contribution >= 4 is 0 Å². The SMILES string of the molecule is CONCc1cc(F)cc2c1OCOC2. The van der Waals surface area contributed by atoms with Crippen molar-refractivity contribution in [3.8, 4) is 5.75 Å². The van der Waals surface area contributed by atoms with E-state index in [-0.39, 0.29) is 12.6 Å². The zero-order valence-electron chi connectivity index (χ0n) is 8.38. The second kappa shape index (κ2) is 4.57. The summed E-state index contributed by atoms with van der Waals surface area (Å²) in [5.41, 5.74) is 4.12. The number of hydrogen-bond acceptors (Lipinski definition) is 4. The van der Waals surface area contributed by atoms with Crippen LogP contribution in [0.3, 0.4) is 0 Å². The number of fused-ring (bicyclic) bond motifs is 1. The molecule has 0 unspecified atom stereocenters. The molecule has 1 heterocycles. The fourth-order valence-electron chi connectivity index (χ4n) is 1.54. The van der Waals surface area contributed by atoms with E-state index in [1.165, 1.54) is 19.2 Å². The molecule has 0 saturated heterocycles. The topological polar surface area (TPSA) is 39.7 Å². The minimum atomic E-state index is -0.296. The summed E-state index contributed by atoms with van der Waals surface area (Å²) in [5, 5.41) is 0. The van der Waals surface area contributed by atoms with E-state index in [1.807, 2.05) is 0 Å². The van der Waals surface area contributed by atoms with Gasteiger partial charge in [0.2, 0.25) is 0 Å². The summed E-state index contributed by atoms with van der Waals surface area (Å²) < 4.78 is 23.6. The minimum absolute atomic E-state index is 0.207. The lowest BCUT2D eigenvalue weighted by Crippen LogP contribution is -2.17. The summed E-state index contributed by atoms with van der Waals surface area (Å²) in [6.07, 6.45) is 0. The second-order valence-corrected chi connectivity index (χ2v) is 3.19. The van der Waals surface area contributed by atoms with Crippen LogP contribution in [-0.4, -0.2) is 13.9 Å². The van der Waals surface area contributed by atoms with E-state index in [0.29, 0.717) is 18.9 Å². The van der Waals surface area contributed by atoms with Crippen LogP contribution in [0.5, 0.6) is 5.75 Å². The number of rotatable bonds is 3. The normalized spacial score (nSPS) is 14.5. The fraction of sp³-hybridized carbons (Fsp3) is 0.400. The van der Waals surface area contributed by atoms with Crippen molar-refractivity contribution in [2.24, 2.45) is 0 Å². The Kier molecular flexibility index (Phi) is 3.15. The molecule has 1 aliphatic heterocycles. The minimum Gasteiger partial charge on any atom is -0.467 e.